The van der Waals surface area contributed by atoms with E-state index < -0.39 is 0 Å². The average molecular weight is 201 g/mol. The highest BCUT2D eigenvalue weighted by atomic mass is 32.2. The summed E-state index contributed by atoms with van der Waals surface area (Å²) in [6.07, 6.45) is 5.54. The maximum absolute atomic E-state index is 3.60. The molecule has 13 heavy (non-hydrogen) atoms. The predicted octanol–water partition coefficient (Wildman–Crippen LogP) is 3.60. The van der Waals surface area contributed by atoms with Crippen LogP contribution >= 0.6 is 11.9 Å². The monoisotopic (exact) mass is 201 g/mol. The molecule has 78 valence electrons. The van der Waals surface area contributed by atoms with Gasteiger partial charge in [-0.3, -0.25) is 4.72 Å². The van der Waals surface area contributed by atoms with Crippen LogP contribution in [0.1, 0.15) is 53.4 Å². The van der Waals surface area contributed by atoms with E-state index in [0.29, 0.717) is 4.75 Å². The second kappa shape index (κ2) is 4.70. The Hall–Kier alpha value is 0.310. The third-order valence-corrected chi connectivity index (χ3v) is 3.61. The highest BCUT2D eigenvalue weighted by Crippen LogP contribution is 2.27. The van der Waals surface area contributed by atoms with E-state index in [-0.39, 0.29) is 0 Å². The normalized spacial score (nSPS) is 30.5. The molecule has 0 heterocycles. The molecule has 0 radical (unpaired) electrons. The van der Waals surface area contributed by atoms with Crippen molar-refractivity contribution >= 4 is 11.9 Å². The van der Waals surface area contributed by atoms with Gasteiger partial charge in [-0.2, -0.15) is 0 Å². The summed E-state index contributed by atoms with van der Waals surface area (Å²) in [4.78, 5) is 0. The van der Waals surface area contributed by atoms with Crippen LogP contribution in [0, 0.1) is 5.92 Å². The molecule has 0 aliphatic heterocycles. The van der Waals surface area contributed by atoms with Crippen LogP contribution < -0.4 is 4.72 Å². The summed E-state index contributed by atoms with van der Waals surface area (Å²) in [6.45, 7) is 9.15. The Bertz CT molecular complexity index is 143. The zero-order valence-electron chi connectivity index (χ0n) is 9.39. The van der Waals surface area contributed by atoms with Crippen LogP contribution in [0.4, 0.5) is 0 Å². The zero-order chi connectivity index (χ0) is 9.90. The molecule has 2 heteroatoms. The number of hydrogen-bond donors (Lipinski definition) is 1. The van der Waals surface area contributed by atoms with Gasteiger partial charge in [0.25, 0.3) is 0 Å². The summed E-state index contributed by atoms with van der Waals surface area (Å²) in [6, 6.07) is 0.764. The molecule has 0 spiro atoms. The van der Waals surface area contributed by atoms with Crippen LogP contribution in [0.3, 0.4) is 0 Å². The Morgan fingerprint density at radius 1 is 1.08 bits per heavy atom. The molecular formula is C11H23NS. The Labute approximate surface area is 87.2 Å². The van der Waals surface area contributed by atoms with Crippen LogP contribution in [0.2, 0.25) is 0 Å². The van der Waals surface area contributed by atoms with Crippen molar-refractivity contribution < 1.29 is 0 Å². The lowest BCUT2D eigenvalue weighted by Gasteiger charge is -2.29. The molecule has 0 aromatic rings. The third-order valence-electron chi connectivity index (χ3n) is 2.55. The number of rotatable bonds is 2. The SMILES string of the molecule is CC1CCC(NSC(C)(C)C)CC1. The fourth-order valence-electron chi connectivity index (χ4n) is 1.64. The lowest BCUT2D eigenvalue weighted by Crippen LogP contribution is -2.31. The number of nitrogens with one attached hydrogen (secondary N) is 1. The van der Waals surface area contributed by atoms with E-state index >= 15 is 0 Å². The van der Waals surface area contributed by atoms with Gasteiger partial charge in [-0.1, -0.05) is 18.9 Å². The van der Waals surface area contributed by atoms with Gasteiger partial charge in [-0.05, 0) is 52.4 Å². The van der Waals surface area contributed by atoms with Gasteiger partial charge in [-0.15, -0.1) is 0 Å². The molecule has 0 aromatic carbocycles. The summed E-state index contributed by atoms with van der Waals surface area (Å²) in [5, 5.41) is 0. The quantitative estimate of drug-likeness (QED) is 0.685. The molecule has 1 aliphatic carbocycles. The van der Waals surface area contributed by atoms with Crippen molar-refractivity contribution in [3.63, 3.8) is 0 Å². The first kappa shape index (κ1) is 11.4. The first-order valence-corrected chi connectivity index (χ1v) is 6.22. The zero-order valence-corrected chi connectivity index (χ0v) is 10.2. The maximum atomic E-state index is 3.60. The summed E-state index contributed by atoms with van der Waals surface area (Å²) in [7, 11) is 0. The lowest BCUT2D eigenvalue weighted by atomic mass is 9.88. The van der Waals surface area contributed by atoms with E-state index in [2.05, 4.69) is 32.4 Å². The van der Waals surface area contributed by atoms with Gasteiger partial charge in [-0.25, -0.2) is 0 Å². The molecule has 0 saturated heterocycles. The van der Waals surface area contributed by atoms with Gasteiger partial charge in [0.2, 0.25) is 0 Å². The molecule has 0 unspecified atom stereocenters. The molecule has 1 saturated carbocycles. The molecular weight excluding hydrogens is 178 g/mol. The third kappa shape index (κ3) is 4.92. The smallest absolute Gasteiger partial charge is 0.0220 e. The molecule has 0 bridgehead atoms. The minimum atomic E-state index is 0.350. The van der Waals surface area contributed by atoms with Crippen molar-refractivity contribution in [3.8, 4) is 0 Å². The fraction of sp³-hybridized carbons (Fsp3) is 1.00. The van der Waals surface area contributed by atoms with Crippen molar-refractivity contribution in [3.05, 3.63) is 0 Å². The molecule has 0 atom stereocenters. The van der Waals surface area contributed by atoms with Crippen LogP contribution in [-0.2, 0) is 0 Å². The summed E-state index contributed by atoms with van der Waals surface area (Å²) in [5.41, 5.74) is 0. The van der Waals surface area contributed by atoms with E-state index in [1.54, 1.807) is 0 Å². The van der Waals surface area contributed by atoms with E-state index in [4.69, 9.17) is 0 Å². The Balaban J connectivity index is 2.16. The highest BCUT2D eigenvalue weighted by Gasteiger charge is 2.20. The van der Waals surface area contributed by atoms with E-state index in [1.807, 2.05) is 11.9 Å². The second-order valence-corrected chi connectivity index (χ2v) is 6.95. The van der Waals surface area contributed by atoms with Crippen molar-refractivity contribution in [2.45, 2.75) is 64.2 Å². The molecule has 1 rings (SSSR count). The second-order valence-electron chi connectivity index (χ2n) is 5.29. The first-order chi connectivity index (χ1) is 5.97. The van der Waals surface area contributed by atoms with Crippen molar-refractivity contribution in [1.82, 2.24) is 4.72 Å². The molecule has 0 amide bonds. The summed E-state index contributed by atoms with van der Waals surface area (Å²) < 4.78 is 3.95. The van der Waals surface area contributed by atoms with Gasteiger partial charge in [0.05, 0.1) is 0 Å². The standard InChI is InChI=1S/C11H23NS/c1-9-5-7-10(8-6-9)12-13-11(2,3)4/h9-10,12H,5-8H2,1-4H3. The van der Waals surface area contributed by atoms with Crippen molar-refractivity contribution in [2.75, 3.05) is 0 Å². The Morgan fingerprint density at radius 2 is 1.62 bits per heavy atom. The van der Waals surface area contributed by atoms with Gasteiger partial charge in [0, 0.05) is 10.8 Å². The Kier molecular flexibility index (Phi) is 4.11. The summed E-state index contributed by atoms with van der Waals surface area (Å²) in [5.74, 6) is 0.956. The fourth-order valence-corrected chi connectivity index (χ4v) is 2.39. The topological polar surface area (TPSA) is 12.0 Å². The summed E-state index contributed by atoms with van der Waals surface area (Å²) >= 11 is 1.89. The van der Waals surface area contributed by atoms with Crippen molar-refractivity contribution in [1.29, 1.82) is 0 Å². The Morgan fingerprint density at radius 3 is 2.08 bits per heavy atom. The van der Waals surface area contributed by atoms with Gasteiger partial charge in [0.1, 0.15) is 0 Å². The van der Waals surface area contributed by atoms with E-state index in [1.165, 1.54) is 25.7 Å². The van der Waals surface area contributed by atoms with Crippen LogP contribution in [0.5, 0.6) is 0 Å². The van der Waals surface area contributed by atoms with Crippen molar-refractivity contribution in [2.24, 2.45) is 5.92 Å². The van der Waals surface area contributed by atoms with E-state index in [0.717, 1.165) is 12.0 Å². The molecule has 1 fully saturated rings. The highest BCUT2D eigenvalue weighted by molar-refractivity contribution is 7.98. The lowest BCUT2D eigenvalue weighted by molar-refractivity contribution is 0.336. The predicted molar refractivity (Wildman–Crippen MR) is 61.9 cm³/mol. The average Bonchev–Trinajstić information content (AvgIpc) is 2.02. The first-order valence-electron chi connectivity index (χ1n) is 5.41. The molecule has 1 aliphatic rings. The van der Waals surface area contributed by atoms with Crippen LogP contribution in [0.15, 0.2) is 0 Å². The van der Waals surface area contributed by atoms with Gasteiger partial charge in [0.15, 0.2) is 0 Å². The minimum absolute atomic E-state index is 0.350. The maximum Gasteiger partial charge on any atom is 0.0220 e. The largest absolute Gasteiger partial charge is 0.261 e. The molecule has 1 N–H and O–H groups in total. The molecule has 1 nitrogen and oxygen atoms in total. The van der Waals surface area contributed by atoms with Gasteiger partial charge < -0.3 is 0 Å². The van der Waals surface area contributed by atoms with Gasteiger partial charge >= 0.3 is 0 Å². The minimum Gasteiger partial charge on any atom is -0.261 e. The van der Waals surface area contributed by atoms with Crippen LogP contribution in [-0.4, -0.2) is 10.8 Å². The van der Waals surface area contributed by atoms with Crippen LogP contribution in [0.25, 0.3) is 0 Å². The molecule has 0 aromatic heterocycles. The van der Waals surface area contributed by atoms with E-state index in [9.17, 15) is 0 Å². The number of hydrogen-bond acceptors (Lipinski definition) is 2.